The predicted octanol–water partition coefficient (Wildman–Crippen LogP) is 3.20. The van der Waals surface area contributed by atoms with E-state index >= 15 is 0 Å². The number of hydrogen-bond acceptors (Lipinski definition) is 2. The average molecular weight is 334 g/mol. The summed E-state index contributed by atoms with van der Waals surface area (Å²) >= 11 is 0. The zero-order valence-corrected chi connectivity index (χ0v) is 14.0. The highest BCUT2D eigenvalue weighted by molar-refractivity contribution is 5.83. The van der Waals surface area contributed by atoms with E-state index < -0.39 is 11.6 Å². The van der Waals surface area contributed by atoms with Crippen LogP contribution in [-0.4, -0.2) is 36.0 Å². The Kier molecular flexibility index (Phi) is 4.07. The summed E-state index contributed by atoms with van der Waals surface area (Å²) in [6.07, 6.45) is 6.32. The first-order valence-corrected chi connectivity index (χ1v) is 9.00. The SMILES string of the molecule is CN1[C@H]2CCC[C@H]1CC(NC(=O)[C@@H]1C[C@@H]1c1cc(F)ccc1F)C2. The lowest BCUT2D eigenvalue weighted by Gasteiger charge is -2.47. The number of hydrogen-bond donors (Lipinski definition) is 1. The quantitative estimate of drug-likeness (QED) is 0.921. The van der Waals surface area contributed by atoms with Crippen molar-refractivity contribution in [3.63, 3.8) is 0 Å². The van der Waals surface area contributed by atoms with Gasteiger partial charge in [-0.25, -0.2) is 8.78 Å². The zero-order chi connectivity index (χ0) is 16.8. The Morgan fingerprint density at radius 1 is 1.17 bits per heavy atom. The third-order valence-electron chi connectivity index (χ3n) is 6.17. The van der Waals surface area contributed by atoms with Crippen LogP contribution in [0.1, 0.15) is 50.0 Å². The number of rotatable bonds is 3. The highest BCUT2D eigenvalue weighted by atomic mass is 19.1. The van der Waals surface area contributed by atoms with Crippen LogP contribution in [0.5, 0.6) is 0 Å². The number of halogens is 2. The molecule has 0 unspecified atom stereocenters. The molecule has 2 bridgehead atoms. The Bertz CT molecular complexity index is 636. The van der Waals surface area contributed by atoms with Crippen LogP contribution in [0.3, 0.4) is 0 Å². The molecule has 1 aliphatic carbocycles. The summed E-state index contributed by atoms with van der Waals surface area (Å²) in [5.74, 6) is -1.23. The van der Waals surface area contributed by atoms with Crippen molar-refractivity contribution in [2.45, 2.75) is 62.6 Å². The Morgan fingerprint density at radius 3 is 2.58 bits per heavy atom. The van der Waals surface area contributed by atoms with Gasteiger partial charge in [0.1, 0.15) is 11.6 Å². The molecule has 2 heterocycles. The van der Waals surface area contributed by atoms with Gasteiger partial charge in [0.2, 0.25) is 5.91 Å². The van der Waals surface area contributed by atoms with Crippen molar-refractivity contribution in [3.05, 3.63) is 35.4 Å². The van der Waals surface area contributed by atoms with Gasteiger partial charge in [-0.3, -0.25) is 4.79 Å². The lowest BCUT2D eigenvalue weighted by Crippen LogP contribution is -2.55. The highest BCUT2D eigenvalue weighted by Gasteiger charge is 2.46. The van der Waals surface area contributed by atoms with E-state index in [4.69, 9.17) is 0 Å². The number of carbonyl (C=O) groups excluding carboxylic acids is 1. The summed E-state index contributed by atoms with van der Waals surface area (Å²) in [5.41, 5.74) is 0.343. The number of piperidine rings is 2. The van der Waals surface area contributed by atoms with Crippen molar-refractivity contribution in [3.8, 4) is 0 Å². The van der Waals surface area contributed by atoms with Crippen LogP contribution in [-0.2, 0) is 4.79 Å². The molecule has 130 valence electrons. The van der Waals surface area contributed by atoms with E-state index in [2.05, 4.69) is 17.3 Å². The highest BCUT2D eigenvalue weighted by Crippen LogP contribution is 2.48. The number of benzene rings is 1. The van der Waals surface area contributed by atoms with Gasteiger partial charge in [-0.05, 0) is 68.8 Å². The molecule has 5 heteroatoms. The van der Waals surface area contributed by atoms with Crippen molar-refractivity contribution in [2.24, 2.45) is 5.92 Å². The van der Waals surface area contributed by atoms with Crippen LogP contribution in [0.2, 0.25) is 0 Å². The standard InChI is InChI=1S/C19H24F2N2O/c1-23-13-3-2-4-14(23)9-12(8-13)22-19(24)17-10-15(17)16-7-11(20)5-6-18(16)21/h5-7,12-15,17H,2-4,8-10H2,1H3,(H,22,24)/t13-,14-,15+,17+/m0/s1. The van der Waals surface area contributed by atoms with E-state index in [-0.39, 0.29) is 23.8 Å². The van der Waals surface area contributed by atoms with Crippen LogP contribution in [0.4, 0.5) is 8.78 Å². The lowest BCUT2D eigenvalue weighted by molar-refractivity contribution is -0.123. The Hall–Kier alpha value is -1.49. The van der Waals surface area contributed by atoms with E-state index in [1.807, 2.05) is 0 Å². The monoisotopic (exact) mass is 334 g/mol. The molecule has 1 aromatic carbocycles. The summed E-state index contributed by atoms with van der Waals surface area (Å²) in [5, 5.41) is 3.18. The molecule has 1 N–H and O–H groups in total. The molecule has 0 radical (unpaired) electrons. The van der Waals surface area contributed by atoms with Crippen LogP contribution in [0.15, 0.2) is 18.2 Å². The minimum atomic E-state index is -0.444. The molecule has 3 fully saturated rings. The molecule has 4 atom stereocenters. The Morgan fingerprint density at radius 2 is 1.88 bits per heavy atom. The fourth-order valence-electron chi connectivity index (χ4n) is 4.67. The molecule has 1 aromatic rings. The van der Waals surface area contributed by atoms with Gasteiger partial charge in [-0.2, -0.15) is 0 Å². The smallest absolute Gasteiger partial charge is 0.223 e. The number of nitrogens with one attached hydrogen (secondary N) is 1. The van der Waals surface area contributed by atoms with E-state index in [1.54, 1.807) is 0 Å². The molecule has 3 aliphatic rings. The molecule has 24 heavy (non-hydrogen) atoms. The van der Waals surface area contributed by atoms with E-state index in [0.717, 1.165) is 25.0 Å². The van der Waals surface area contributed by atoms with Gasteiger partial charge >= 0.3 is 0 Å². The summed E-state index contributed by atoms with van der Waals surface area (Å²) in [6.45, 7) is 0. The van der Waals surface area contributed by atoms with Gasteiger partial charge in [0.25, 0.3) is 0 Å². The molecule has 2 aliphatic heterocycles. The van der Waals surface area contributed by atoms with E-state index in [0.29, 0.717) is 24.1 Å². The maximum absolute atomic E-state index is 13.9. The maximum Gasteiger partial charge on any atom is 0.223 e. The van der Waals surface area contributed by atoms with Gasteiger partial charge in [0, 0.05) is 24.0 Å². The first-order chi connectivity index (χ1) is 11.5. The van der Waals surface area contributed by atoms with Crippen molar-refractivity contribution in [1.29, 1.82) is 0 Å². The topological polar surface area (TPSA) is 32.3 Å². The molecule has 0 aromatic heterocycles. The largest absolute Gasteiger partial charge is 0.353 e. The first-order valence-electron chi connectivity index (χ1n) is 9.00. The van der Waals surface area contributed by atoms with Gasteiger partial charge in [0.15, 0.2) is 0 Å². The molecule has 0 spiro atoms. The minimum Gasteiger partial charge on any atom is -0.353 e. The second-order valence-corrected chi connectivity index (χ2v) is 7.70. The number of carbonyl (C=O) groups is 1. The third kappa shape index (κ3) is 2.94. The summed E-state index contributed by atoms with van der Waals surface area (Å²) in [4.78, 5) is 15.0. The van der Waals surface area contributed by atoms with Gasteiger partial charge in [0.05, 0.1) is 0 Å². The van der Waals surface area contributed by atoms with Gasteiger partial charge in [-0.1, -0.05) is 6.42 Å². The van der Waals surface area contributed by atoms with Crippen LogP contribution in [0.25, 0.3) is 0 Å². The molecule has 1 amide bonds. The molecule has 4 rings (SSSR count). The first kappa shape index (κ1) is 16.0. The normalized spacial score (nSPS) is 35.5. The van der Waals surface area contributed by atoms with Gasteiger partial charge in [-0.15, -0.1) is 0 Å². The van der Waals surface area contributed by atoms with Crippen molar-refractivity contribution < 1.29 is 13.6 Å². The van der Waals surface area contributed by atoms with E-state index in [1.165, 1.54) is 25.3 Å². The van der Waals surface area contributed by atoms with Crippen LogP contribution >= 0.6 is 0 Å². The summed E-state index contributed by atoms with van der Waals surface area (Å²) < 4.78 is 27.2. The van der Waals surface area contributed by atoms with Crippen molar-refractivity contribution >= 4 is 5.91 Å². The molecular formula is C19H24F2N2O. The molecular weight excluding hydrogens is 310 g/mol. The predicted molar refractivity (Wildman–Crippen MR) is 87.6 cm³/mol. The molecule has 1 saturated carbocycles. The van der Waals surface area contributed by atoms with Crippen LogP contribution < -0.4 is 5.32 Å². The van der Waals surface area contributed by atoms with E-state index in [9.17, 15) is 13.6 Å². The Labute approximate surface area is 141 Å². The van der Waals surface area contributed by atoms with Gasteiger partial charge < -0.3 is 10.2 Å². The number of nitrogens with zero attached hydrogens (tertiary/aromatic N) is 1. The lowest BCUT2D eigenvalue weighted by atomic mass is 9.82. The maximum atomic E-state index is 13.9. The van der Waals surface area contributed by atoms with Crippen molar-refractivity contribution in [1.82, 2.24) is 10.2 Å². The summed E-state index contributed by atoms with van der Waals surface area (Å²) in [6, 6.07) is 4.86. The molecule has 2 saturated heterocycles. The fraction of sp³-hybridized carbons (Fsp3) is 0.632. The Balaban J connectivity index is 1.37. The number of fused-ring (bicyclic) bond motifs is 2. The third-order valence-corrected chi connectivity index (χ3v) is 6.17. The minimum absolute atomic E-state index is 0.0105. The second kappa shape index (κ2) is 6.10. The van der Waals surface area contributed by atoms with Crippen LogP contribution in [0, 0.1) is 17.6 Å². The van der Waals surface area contributed by atoms with Crippen molar-refractivity contribution in [2.75, 3.05) is 7.05 Å². The second-order valence-electron chi connectivity index (χ2n) is 7.70. The average Bonchev–Trinajstić information content (AvgIpc) is 3.31. The molecule has 3 nitrogen and oxygen atoms in total. The fourth-order valence-corrected chi connectivity index (χ4v) is 4.67. The zero-order valence-electron chi connectivity index (χ0n) is 14.0. The number of amides is 1. The summed E-state index contributed by atoms with van der Waals surface area (Å²) in [7, 11) is 2.19.